The Balaban J connectivity index is 1.52. The number of amides is 1. The predicted octanol–water partition coefficient (Wildman–Crippen LogP) is 2.88. The second-order valence-corrected chi connectivity index (χ2v) is 5.91. The molecule has 1 amide bonds. The molecule has 0 saturated carbocycles. The molecule has 1 N–H and O–H groups in total. The predicted molar refractivity (Wildman–Crippen MR) is 91.7 cm³/mol. The number of methoxy groups -OCH3 is 1. The first kappa shape index (κ1) is 15.7. The van der Waals surface area contributed by atoms with E-state index in [0.29, 0.717) is 36.7 Å². The van der Waals surface area contributed by atoms with E-state index in [4.69, 9.17) is 13.9 Å². The Labute approximate surface area is 144 Å². The van der Waals surface area contributed by atoms with Crippen molar-refractivity contribution in [2.45, 2.75) is 12.5 Å². The molecule has 1 aliphatic heterocycles. The lowest BCUT2D eigenvalue weighted by atomic mass is 10.1. The molecule has 1 aliphatic rings. The Morgan fingerprint density at radius 1 is 1.32 bits per heavy atom. The molecule has 0 spiro atoms. The fraction of sp³-hybridized carbons (Fsp3) is 0.263. The summed E-state index contributed by atoms with van der Waals surface area (Å²) in [7, 11) is 1.63. The van der Waals surface area contributed by atoms with E-state index in [2.05, 4.69) is 10.3 Å². The quantitative estimate of drug-likeness (QED) is 0.774. The molecular formula is C19H18N2O4. The van der Waals surface area contributed by atoms with Crippen LogP contribution in [0.25, 0.3) is 11.1 Å². The number of hydrogen-bond donors (Lipinski definition) is 1. The molecule has 6 heteroatoms. The number of para-hydroxylation sites is 1. The molecule has 0 radical (unpaired) electrons. The standard InChI is InChI=1S/C19H18N2O4/c1-23-9-8-18-20-14-7-6-12(10-17(14)25-18)19(22)21-15-11-24-16-5-3-2-4-13(15)16/h2-7,10,15H,8-9,11H2,1H3,(H,21,22)/t15-/m0/s1. The number of hydrogen-bond acceptors (Lipinski definition) is 5. The summed E-state index contributed by atoms with van der Waals surface area (Å²) in [4.78, 5) is 17.0. The van der Waals surface area contributed by atoms with Crippen molar-refractivity contribution >= 4 is 17.0 Å². The van der Waals surface area contributed by atoms with Crippen LogP contribution in [0.3, 0.4) is 0 Å². The van der Waals surface area contributed by atoms with Crippen LogP contribution in [0, 0.1) is 0 Å². The number of nitrogens with one attached hydrogen (secondary N) is 1. The molecule has 1 atom stereocenters. The second-order valence-electron chi connectivity index (χ2n) is 5.91. The number of fused-ring (bicyclic) bond motifs is 2. The Morgan fingerprint density at radius 3 is 3.08 bits per heavy atom. The number of carbonyl (C=O) groups excluding carboxylic acids is 1. The van der Waals surface area contributed by atoms with E-state index in [1.165, 1.54) is 0 Å². The number of oxazole rings is 1. The first-order valence-corrected chi connectivity index (χ1v) is 8.15. The third-order valence-corrected chi connectivity index (χ3v) is 4.22. The molecule has 1 aromatic heterocycles. The topological polar surface area (TPSA) is 73.6 Å². The number of benzene rings is 2. The van der Waals surface area contributed by atoms with E-state index in [1.54, 1.807) is 25.3 Å². The summed E-state index contributed by atoms with van der Waals surface area (Å²) in [6.07, 6.45) is 0.600. The van der Waals surface area contributed by atoms with Crippen LogP contribution in [-0.4, -0.2) is 31.2 Å². The van der Waals surface area contributed by atoms with Crippen LogP contribution in [0.5, 0.6) is 5.75 Å². The van der Waals surface area contributed by atoms with Gasteiger partial charge in [0.05, 0.1) is 12.6 Å². The first-order valence-electron chi connectivity index (χ1n) is 8.15. The van der Waals surface area contributed by atoms with Crippen LogP contribution in [0.1, 0.15) is 27.9 Å². The summed E-state index contributed by atoms with van der Waals surface area (Å²) in [6.45, 7) is 0.984. The van der Waals surface area contributed by atoms with Crippen molar-refractivity contribution in [1.82, 2.24) is 10.3 Å². The average molecular weight is 338 g/mol. The molecule has 0 unspecified atom stereocenters. The van der Waals surface area contributed by atoms with E-state index >= 15 is 0 Å². The van der Waals surface area contributed by atoms with Gasteiger partial charge in [0.1, 0.15) is 17.9 Å². The molecule has 0 saturated heterocycles. The lowest BCUT2D eigenvalue weighted by molar-refractivity contribution is 0.0930. The highest BCUT2D eigenvalue weighted by Crippen LogP contribution is 2.31. The van der Waals surface area contributed by atoms with E-state index in [1.807, 2.05) is 24.3 Å². The maximum Gasteiger partial charge on any atom is 0.252 e. The van der Waals surface area contributed by atoms with Crippen LogP contribution in [-0.2, 0) is 11.2 Å². The van der Waals surface area contributed by atoms with Gasteiger partial charge in [-0.15, -0.1) is 0 Å². The summed E-state index contributed by atoms with van der Waals surface area (Å²) < 4.78 is 16.3. The van der Waals surface area contributed by atoms with E-state index in [9.17, 15) is 4.79 Å². The third-order valence-electron chi connectivity index (χ3n) is 4.22. The molecule has 25 heavy (non-hydrogen) atoms. The van der Waals surface area contributed by atoms with Gasteiger partial charge in [0.2, 0.25) is 0 Å². The van der Waals surface area contributed by atoms with Crippen LogP contribution in [0.15, 0.2) is 46.9 Å². The molecule has 4 rings (SSSR count). The van der Waals surface area contributed by atoms with Crippen molar-refractivity contribution in [3.05, 3.63) is 59.5 Å². The zero-order valence-electron chi connectivity index (χ0n) is 13.8. The molecule has 128 valence electrons. The normalized spacial score (nSPS) is 15.8. The van der Waals surface area contributed by atoms with Gasteiger partial charge in [-0.05, 0) is 24.3 Å². The van der Waals surface area contributed by atoms with Gasteiger partial charge in [-0.25, -0.2) is 4.98 Å². The molecule has 0 bridgehead atoms. The third kappa shape index (κ3) is 3.08. The molecule has 6 nitrogen and oxygen atoms in total. The second kappa shape index (κ2) is 6.57. The minimum absolute atomic E-state index is 0.147. The number of nitrogens with zero attached hydrogens (tertiary/aromatic N) is 1. The Hall–Kier alpha value is -2.86. The van der Waals surface area contributed by atoms with Crippen molar-refractivity contribution in [2.24, 2.45) is 0 Å². The Kier molecular flexibility index (Phi) is 4.11. The average Bonchev–Trinajstić information content (AvgIpc) is 3.23. The summed E-state index contributed by atoms with van der Waals surface area (Å²) in [5, 5.41) is 3.01. The molecule has 3 aromatic rings. The largest absolute Gasteiger partial charge is 0.491 e. The smallest absolute Gasteiger partial charge is 0.252 e. The lowest BCUT2D eigenvalue weighted by Gasteiger charge is -2.11. The SMILES string of the molecule is COCCc1nc2ccc(C(=O)N[C@H]3COc4ccccc43)cc2o1. The summed E-state index contributed by atoms with van der Waals surface area (Å²) in [5.41, 5.74) is 2.86. The minimum Gasteiger partial charge on any atom is -0.491 e. The summed E-state index contributed by atoms with van der Waals surface area (Å²) in [6, 6.07) is 12.8. The van der Waals surface area contributed by atoms with Gasteiger partial charge in [0, 0.05) is 24.7 Å². The number of carbonyl (C=O) groups is 1. The van der Waals surface area contributed by atoms with Gasteiger partial charge in [0.25, 0.3) is 5.91 Å². The molecular weight excluding hydrogens is 320 g/mol. The highest BCUT2D eigenvalue weighted by molar-refractivity contribution is 5.97. The zero-order chi connectivity index (χ0) is 17.2. The fourth-order valence-electron chi connectivity index (χ4n) is 2.93. The number of ether oxygens (including phenoxy) is 2. The summed E-state index contributed by atoms with van der Waals surface area (Å²) >= 11 is 0. The maximum absolute atomic E-state index is 12.6. The number of rotatable bonds is 5. The van der Waals surface area contributed by atoms with Crippen molar-refractivity contribution in [3.8, 4) is 5.75 Å². The van der Waals surface area contributed by atoms with Gasteiger partial charge in [-0.2, -0.15) is 0 Å². The Morgan fingerprint density at radius 2 is 2.20 bits per heavy atom. The van der Waals surface area contributed by atoms with Crippen molar-refractivity contribution in [3.63, 3.8) is 0 Å². The van der Waals surface area contributed by atoms with Crippen LogP contribution < -0.4 is 10.1 Å². The first-order chi connectivity index (χ1) is 12.2. The van der Waals surface area contributed by atoms with Gasteiger partial charge in [-0.1, -0.05) is 18.2 Å². The highest BCUT2D eigenvalue weighted by atomic mass is 16.5. The minimum atomic E-state index is -0.165. The van der Waals surface area contributed by atoms with E-state index in [0.717, 1.165) is 16.8 Å². The van der Waals surface area contributed by atoms with Crippen LogP contribution in [0.2, 0.25) is 0 Å². The summed E-state index contributed by atoms with van der Waals surface area (Å²) in [5.74, 6) is 1.26. The van der Waals surface area contributed by atoms with Gasteiger partial charge in [0.15, 0.2) is 11.5 Å². The van der Waals surface area contributed by atoms with E-state index < -0.39 is 0 Å². The highest BCUT2D eigenvalue weighted by Gasteiger charge is 2.25. The fourth-order valence-corrected chi connectivity index (χ4v) is 2.93. The van der Waals surface area contributed by atoms with Crippen LogP contribution >= 0.6 is 0 Å². The monoisotopic (exact) mass is 338 g/mol. The maximum atomic E-state index is 12.6. The van der Waals surface area contributed by atoms with Gasteiger partial charge < -0.3 is 19.2 Å². The molecule has 2 heterocycles. The van der Waals surface area contributed by atoms with Crippen molar-refractivity contribution in [2.75, 3.05) is 20.3 Å². The van der Waals surface area contributed by atoms with Crippen molar-refractivity contribution < 1.29 is 18.7 Å². The zero-order valence-corrected chi connectivity index (χ0v) is 13.8. The molecule has 0 aliphatic carbocycles. The lowest BCUT2D eigenvalue weighted by Crippen LogP contribution is -2.29. The van der Waals surface area contributed by atoms with Crippen LogP contribution in [0.4, 0.5) is 0 Å². The van der Waals surface area contributed by atoms with E-state index in [-0.39, 0.29) is 11.9 Å². The number of aromatic nitrogens is 1. The van der Waals surface area contributed by atoms with Crippen molar-refractivity contribution in [1.29, 1.82) is 0 Å². The Bertz CT molecular complexity index is 919. The van der Waals surface area contributed by atoms with Gasteiger partial charge >= 0.3 is 0 Å². The molecule has 2 aromatic carbocycles. The van der Waals surface area contributed by atoms with Gasteiger partial charge in [-0.3, -0.25) is 4.79 Å². The molecule has 0 fully saturated rings.